The molecule has 0 aliphatic heterocycles. The summed E-state index contributed by atoms with van der Waals surface area (Å²) in [4.78, 5) is 12.3. The number of thiophene rings is 1. The van der Waals surface area contributed by atoms with E-state index in [0.717, 1.165) is 27.9 Å². The van der Waals surface area contributed by atoms with Gasteiger partial charge in [-0.1, -0.05) is 36.1 Å². The van der Waals surface area contributed by atoms with E-state index in [-0.39, 0.29) is 10.1 Å². The quantitative estimate of drug-likeness (QED) is 0.403. The number of anilines is 2. The van der Waals surface area contributed by atoms with E-state index < -0.39 is 10.0 Å². The third kappa shape index (κ3) is 5.28. The van der Waals surface area contributed by atoms with Crippen LogP contribution in [-0.2, 0) is 10.0 Å². The molecule has 0 aliphatic carbocycles. The van der Waals surface area contributed by atoms with Crippen LogP contribution >= 0.6 is 34.4 Å². The number of hydrogen-bond donors (Lipinski definition) is 2. The van der Waals surface area contributed by atoms with Crippen molar-refractivity contribution < 1.29 is 13.2 Å². The van der Waals surface area contributed by atoms with E-state index in [1.165, 1.54) is 17.4 Å². The fourth-order valence-electron chi connectivity index (χ4n) is 1.99. The molecule has 0 saturated heterocycles. The minimum atomic E-state index is -3.61. The molecule has 27 heavy (non-hydrogen) atoms. The second-order valence-electron chi connectivity index (χ2n) is 5.29. The maximum Gasteiger partial charge on any atom is 0.271 e. The molecular formula is C16H16N4O3S4. The monoisotopic (exact) mass is 440 g/mol. The zero-order valence-corrected chi connectivity index (χ0v) is 17.5. The first-order valence-electron chi connectivity index (χ1n) is 7.92. The Bertz CT molecular complexity index is 999. The van der Waals surface area contributed by atoms with Gasteiger partial charge < -0.3 is 0 Å². The van der Waals surface area contributed by atoms with Gasteiger partial charge in [-0.3, -0.25) is 14.8 Å². The van der Waals surface area contributed by atoms with Crippen LogP contribution < -0.4 is 10.0 Å². The van der Waals surface area contributed by atoms with Crippen LogP contribution in [0.25, 0.3) is 0 Å². The summed E-state index contributed by atoms with van der Waals surface area (Å²) in [5, 5.41) is 12.8. The smallest absolute Gasteiger partial charge is 0.271 e. The molecule has 0 aliphatic rings. The zero-order chi connectivity index (χ0) is 19.3. The van der Waals surface area contributed by atoms with Gasteiger partial charge in [0, 0.05) is 17.0 Å². The van der Waals surface area contributed by atoms with Gasteiger partial charge in [-0.05, 0) is 42.1 Å². The first kappa shape index (κ1) is 19.8. The van der Waals surface area contributed by atoms with Gasteiger partial charge in [-0.25, -0.2) is 8.42 Å². The first-order valence-corrected chi connectivity index (χ1v) is 12.1. The second-order valence-corrected chi connectivity index (χ2v) is 10.5. The maximum atomic E-state index is 12.3. The number of carbonyl (C=O) groups excluding carboxylic acids is 1. The third-order valence-electron chi connectivity index (χ3n) is 3.22. The topological polar surface area (TPSA) is 101 Å². The lowest BCUT2D eigenvalue weighted by Gasteiger charge is -2.07. The van der Waals surface area contributed by atoms with Crippen LogP contribution in [0.2, 0.25) is 0 Å². The minimum Gasteiger partial charge on any atom is -0.296 e. The Labute approximate surface area is 169 Å². The van der Waals surface area contributed by atoms with Gasteiger partial charge in [0.25, 0.3) is 15.9 Å². The molecule has 2 heterocycles. The van der Waals surface area contributed by atoms with Gasteiger partial charge in [0.15, 0.2) is 4.34 Å². The summed E-state index contributed by atoms with van der Waals surface area (Å²) >= 11 is 4.06. The molecule has 0 unspecified atom stereocenters. The molecule has 11 heteroatoms. The van der Waals surface area contributed by atoms with Crippen LogP contribution in [0.15, 0.2) is 50.3 Å². The van der Waals surface area contributed by atoms with E-state index in [2.05, 4.69) is 27.2 Å². The molecule has 2 N–H and O–H groups in total. The molecule has 0 bridgehead atoms. The average Bonchev–Trinajstić information content (AvgIpc) is 3.32. The summed E-state index contributed by atoms with van der Waals surface area (Å²) < 4.78 is 27.9. The van der Waals surface area contributed by atoms with E-state index in [4.69, 9.17) is 0 Å². The van der Waals surface area contributed by atoms with Gasteiger partial charge in [0.1, 0.15) is 4.21 Å². The highest BCUT2D eigenvalue weighted by molar-refractivity contribution is 8.01. The highest BCUT2D eigenvalue weighted by Crippen LogP contribution is 2.26. The molecule has 2 aromatic heterocycles. The minimum absolute atomic E-state index is 0.234. The Balaban J connectivity index is 1.63. The van der Waals surface area contributed by atoms with Crippen LogP contribution in [0, 0.1) is 0 Å². The second kappa shape index (κ2) is 8.83. The molecular weight excluding hydrogens is 424 g/mol. The van der Waals surface area contributed by atoms with Crippen molar-refractivity contribution in [3.05, 3.63) is 47.3 Å². The Morgan fingerprint density at radius 1 is 1.19 bits per heavy atom. The van der Waals surface area contributed by atoms with E-state index in [1.807, 2.05) is 0 Å². The largest absolute Gasteiger partial charge is 0.296 e. The third-order valence-corrected chi connectivity index (χ3v) is 8.17. The normalized spacial score (nSPS) is 11.3. The van der Waals surface area contributed by atoms with Gasteiger partial charge >= 0.3 is 0 Å². The Hall–Kier alpha value is -1.95. The molecule has 0 fully saturated rings. The Kier molecular flexibility index (Phi) is 6.47. The van der Waals surface area contributed by atoms with Gasteiger partial charge in [0.05, 0.1) is 0 Å². The molecule has 3 rings (SSSR count). The van der Waals surface area contributed by atoms with Crippen molar-refractivity contribution in [2.75, 3.05) is 15.8 Å². The molecule has 1 aromatic carbocycles. The average molecular weight is 441 g/mol. The number of sulfonamides is 1. The van der Waals surface area contributed by atoms with Crippen LogP contribution in [-0.4, -0.2) is 30.3 Å². The number of hydrogen-bond acceptors (Lipinski definition) is 8. The number of nitrogens with one attached hydrogen (secondary N) is 2. The maximum absolute atomic E-state index is 12.3. The number of rotatable bonds is 8. The lowest BCUT2D eigenvalue weighted by Crippen LogP contribution is -2.13. The highest BCUT2D eigenvalue weighted by Gasteiger charge is 2.16. The molecule has 0 spiro atoms. The molecule has 1 amide bonds. The predicted molar refractivity (Wildman–Crippen MR) is 110 cm³/mol. The van der Waals surface area contributed by atoms with Gasteiger partial charge in [-0.15, -0.1) is 21.5 Å². The van der Waals surface area contributed by atoms with E-state index in [0.29, 0.717) is 16.4 Å². The summed E-state index contributed by atoms with van der Waals surface area (Å²) in [6, 6.07) is 9.40. The zero-order valence-electron chi connectivity index (χ0n) is 14.2. The molecule has 142 valence electrons. The van der Waals surface area contributed by atoms with Crippen molar-refractivity contribution in [3.63, 3.8) is 0 Å². The van der Waals surface area contributed by atoms with Crippen LogP contribution in [0.3, 0.4) is 0 Å². The number of benzene rings is 1. The summed E-state index contributed by atoms with van der Waals surface area (Å²) in [5.74, 6) is 0.622. The van der Waals surface area contributed by atoms with E-state index in [9.17, 15) is 13.2 Å². The highest BCUT2D eigenvalue weighted by atomic mass is 32.2. The number of nitrogens with zero attached hydrogens (tertiary/aromatic N) is 2. The fourth-order valence-corrected chi connectivity index (χ4v) is 5.71. The summed E-state index contributed by atoms with van der Waals surface area (Å²) in [6.07, 6.45) is 1.04. The summed E-state index contributed by atoms with van der Waals surface area (Å²) in [5.41, 5.74) is 0.779. The van der Waals surface area contributed by atoms with Crippen molar-refractivity contribution in [1.82, 2.24) is 10.2 Å². The van der Waals surface area contributed by atoms with Crippen LogP contribution in [0.1, 0.15) is 23.7 Å². The SMILES string of the molecule is CCCSc1nnc(NC(=O)c2ccc(NS(=O)(=O)c3cccs3)cc2)s1. The van der Waals surface area contributed by atoms with E-state index in [1.54, 1.807) is 47.5 Å². The van der Waals surface area contributed by atoms with Crippen molar-refractivity contribution in [2.24, 2.45) is 0 Å². The predicted octanol–water partition coefficient (Wildman–Crippen LogP) is 4.15. The Morgan fingerprint density at radius 2 is 1.96 bits per heavy atom. The Morgan fingerprint density at radius 3 is 2.63 bits per heavy atom. The van der Waals surface area contributed by atoms with Crippen LogP contribution in [0.4, 0.5) is 10.8 Å². The number of aromatic nitrogens is 2. The molecule has 7 nitrogen and oxygen atoms in total. The van der Waals surface area contributed by atoms with Crippen molar-refractivity contribution >= 4 is 61.2 Å². The van der Waals surface area contributed by atoms with Crippen molar-refractivity contribution in [3.8, 4) is 0 Å². The number of carbonyl (C=O) groups is 1. The number of thioether (sulfide) groups is 1. The lowest BCUT2D eigenvalue weighted by molar-refractivity contribution is 0.102. The number of amides is 1. The standard InChI is InChI=1S/C16H16N4O3S4/c1-2-9-25-16-19-18-15(26-16)17-14(21)11-5-7-12(8-6-11)20-27(22,23)13-4-3-10-24-13/h3-8,10,20H,2,9H2,1H3,(H,17,18,21). The van der Waals surface area contributed by atoms with Gasteiger partial charge in [0.2, 0.25) is 5.13 Å². The van der Waals surface area contributed by atoms with Gasteiger partial charge in [-0.2, -0.15) is 0 Å². The fraction of sp³-hybridized carbons (Fsp3) is 0.188. The van der Waals surface area contributed by atoms with Crippen LogP contribution in [0.5, 0.6) is 0 Å². The molecule has 0 radical (unpaired) electrons. The summed E-state index contributed by atoms with van der Waals surface area (Å²) in [7, 11) is -3.61. The lowest BCUT2D eigenvalue weighted by atomic mass is 10.2. The molecule has 0 saturated carbocycles. The summed E-state index contributed by atoms with van der Waals surface area (Å²) in [6.45, 7) is 2.08. The first-order chi connectivity index (χ1) is 13.0. The van der Waals surface area contributed by atoms with Crippen molar-refractivity contribution in [2.45, 2.75) is 21.9 Å². The molecule has 3 aromatic rings. The van der Waals surface area contributed by atoms with E-state index >= 15 is 0 Å². The van der Waals surface area contributed by atoms with Crippen molar-refractivity contribution in [1.29, 1.82) is 0 Å². The molecule has 0 atom stereocenters.